The van der Waals surface area contributed by atoms with Crippen LogP contribution in [0.4, 0.5) is 0 Å². The van der Waals surface area contributed by atoms with Gasteiger partial charge in [-0.3, -0.25) is 0 Å². The summed E-state index contributed by atoms with van der Waals surface area (Å²) in [6.45, 7) is 9.19. The molecule has 0 radical (unpaired) electrons. The Kier molecular flexibility index (Phi) is 4.01. The van der Waals surface area contributed by atoms with E-state index in [1.165, 1.54) is 0 Å². The molecule has 1 aliphatic carbocycles. The number of sulfonamides is 1. The van der Waals surface area contributed by atoms with Crippen LogP contribution >= 0.6 is 0 Å². The van der Waals surface area contributed by atoms with Crippen molar-refractivity contribution in [1.82, 2.24) is 9.29 Å². The van der Waals surface area contributed by atoms with E-state index < -0.39 is 10.0 Å². The Hall–Kier alpha value is -0.850. The molecule has 0 bridgehead atoms. The lowest BCUT2D eigenvalue weighted by atomic mass is 10.1. The van der Waals surface area contributed by atoms with E-state index in [0.717, 1.165) is 12.1 Å². The van der Waals surface area contributed by atoms with Crippen LogP contribution in [-0.4, -0.2) is 19.5 Å². The summed E-state index contributed by atoms with van der Waals surface area (Å²) in [4.78, 5) is 0.310. The van der Waals surface area contributed by atoms with E-state index in [2.05, 4.69) is 18.6 Å². The molecule has 0 spiro atoms. The van der Waals surface area contributed by atoms with E-state index in [9.17, 15) is 8.42 Å². The first-order chi connectivity index (χ1) is 9.17. The monoisotopic (exact) mass is 299 g/mol. The van der Waals surface area contributed by atoms with Gasteiger partial charge in [0.05, 0.1) is 4.90 Å². The molecule has 1 heterocycles. The third-order valence-electron chi connectivity index (χ3n) is 4.22. The highest BCUT2D eigenvalue weighted by Crippen LogP contribution is 2.51. The number of nitrogens with one attached hydrogen (secondary N) is 1. The first kappa shape index (κ1) is 15.5. The van der Waals surface area contributed by atoms with Gasteiger partial charge in [-0.1, -0.05) is 13.8 Å². The quantitative estimate of drug-likeness (QED) is 0.841. The Balaban J connectivity index is 2.13. The molecule has 3 N–H and O–H groups in total. The van der Waals surface area contributed by atoms with Crippen LogP contribution in [0.1, 0.15) is 45.9 Å². The zero-order valence-corrected chi connectivity index (χ0v) is 13.5. The molecule has 6 heteroatoms. The third kappa shape index (κ3) is 3.07. The van der Waals surface area contributed by atoms with E-state index in [1.807, 2.05) is 18.4 Å². The average molecular weight is 299 g/mol. The molecule has 1 aliphatic rings. The predicted octanol–water partition coefficient (Wildman–Crippen LogP) is 1.85. The fraction of sp³-hybridized carbons (Fsp3) is 0.714. The van der Waals surface area contributed by atoms with Gasteiger partial charge in [-0.15, -0.1) is 0 Å². The van der Waals surface area contributed by atoms with Crippen molar-refractivity contribution in [3.63, 3.8) is 0 Å². The fourth-order valence-corrected chi connectivity index (χ4v) is 3.64. The lowest BCUT2D eigenvalue weighted by molar-refractivity contribution is 0.537. The molecule has 20 heavy (non-hydrogen) atoms. The van der Waals surface area contributed by atoms with E-state index in [-0.39, 0.29) is 11.5 Å². The zero-order chi connectivity index (χ0) is 15.1. The number of rotatable bonds is 6. The number of nitrogens with two attached hydrogens (primary N) is 1. The molecule has 0 amide bonds. The zero-order valence-electron chi connectivity index (χ0n) is 12.7. The van der Waals surface area contributed by atoms with Crippen LogP contribution in [0.3, 0.4) is 0 Å². The van der Waals surface area contributed by atoms with Gasteiger partial charge in [0.15, 0.2) is 0 Å². The van der Waals surface area contributed by atoms with Gasteiger partial charge < -0.3 is 10.3 Å². The minimum Gasteiger partial charge on any atom is -0.346 e. The normalized spacial score (nSPS) is 21.4. The topological polar surface area (TPSA) is 77.1 Å². The summed E-state index contributed by atoms with van der Waals surface area (Å²) >= 11 is 0. The van der Waals surface area contributed by atoms with Gasteiger partial charge in [0.25, 0.3) is 0 Å². The minimum atomic E-state index is -3.44. The number of hydrogen-bond donors (Lipinski definition) is 2. The summed E-state index contributed by atoms with van der Waals surface area (Å²) in [6.07, 6.45) is 2.75. The van der Waals surface area contributed by atoms with Crippen LogP contribution in [0.2, 0.25) is 0 Å². The molecule has 1 unspecified atom stereocenters. The van der Waals surface area contributed by atoms with Crippen LogP contribution in [-0.2, 0) is 16.6 Å². The van der Waals surface area contributed by atoms with Crippen molar-refractivity contribution in [3.8, 4) is 0 Å². The molecule has 0 saturated heterocycles. The first-order valence-corrected chi connectivity index (χ1v) is 8.56. The van der Waals surface area contributed by atoms with E-state index >= 15 is 0 Å². The highest BCUT2D eigenvalue weighted by molar-refractivity contribution is 7.89. The summed E-state index contributed by atoms with van der Waals surface area (Å²) in [5, 5.41) is 0. The van der Waals surface area contributed by atoms with Gasteiger partial charge in [0.2, 0.25) is 10.0 Å². The predicted molar refractivity (Wildman–Crippen MR) is 79.8 cm³/mol. The SMILES string of the molecule is CC(C)n1cc(S(=O)(=O)NCC2CC2(C)C)cc1CN. The summed E-state index contributed by atoms with van der Waals surface area (Å²) in [7, 11) is -3.44. The highest BCUT2D eigenvalue weighted by atomic mass is 32.2. The van der Waals surface area contributed by atoms with Crippen molar-refractivity contribution in [2.75, 3.05) is 6.54 Å². The molecular formula is C14H25N3O2S. The van der Waals surface area contributed by atoms with Crippen molar-refractivity contribution in [2.45, 2.75) is 51.6 Å². The van der Waals surface area contributed by atoms with Crippen LogP contribution in [0, 0.1) is 11.3 Å². The molecule has 0 aliphatic heterocycles. The number of nitrogens with zero attached hydrogens (tertiary/aromatic N) is 1. The summed E-state index contributed by atoms with van der Waals surface area (Å²) < 4.78 is 29.3. The maximum Gasteiger partial charge on any atom is 0.242 e. The van der Waals surface area contributed by atoms with Crippen molar-refractivity contribution < 1.29 is 8.42 Å². The first-order valence-electron chi connectivity index (χ1n) is 7.08. The molecule has 1 aromatic heterocycles. The molecule has 0 aromatic carbocycles. The van der Waals surface area contributed by atoms with Crippen molar-refractivity contribution in [2.24, 2.45) is 17.1 Å². The molecular weight excluding hydrogens is 274 g/mol. The standard InChI is InChI=1S/C14H25N3O2S/c1-10(2)17-9-13(5-12(17)7-15)20(18,19)16-8-11-6-14(11,3)4/h5,9-11,16H,6-8,15H2,1-4H3. The molecule has 1 atom stereocenters. The lowest BCUT2D eigenvalue weighted by Crippen LogP contribution is -2.26. The Morgan fingerprint density at radius 3 is 2.50 bits per heavy atom. The third-order valence-corrected chi connectivity index (χ3v) is 5.61. The average Bonchev–Trinajstić information content (AvgIpc) is 2.77. The van der Waals surface area contributed by atoms with Crippen molar-refractivity contribution in [3.05, 3.63) is 18.0 Å². The van der Waals surface area contributed by atoms with Crippen molar-refractivity contribution >= 4 is 10.0 Å². The van der Waals surface area contributed by atoms with Crippen molar-refractivity contribution in [1.29, 1.82) is 0 Å². The van der Waals surface area contributed by atoms with Crippen LogP contribution in [0.15, 0.2) is 17.2 Å². The molecule has 1 saturated carbocycles. The maximum atomic E-state index is 12.3. The minimum absolute atomic E-state index is 0.194. The second-order valence-corrected chi connectivity index (χ2v) is 8.38. The van der Waals surface area contributed by atoms with Gasteiger partial charge in [-0.2, -0.15) is 0 Å². The lowest BCUT2D eigenvalue weighted by Gasteiger charge is -2.10. The smallest absolute Gasteiger partial charge is 0.242 e. The van der Waals surface area contributed by atoms with E-state index in [0.29, 0.717) is 23.9 Å². The number of hydrogen-bond acceptors (Lipinski definition) is 3. The number of aromatic nitrogens is 1. The Labute approximate surface area is 121 Å². The van der Waals surface area contributed by atoms with Gasteiger partial charge in [-0.05, 0) is 37.7 Å². The molecule has 2 rings (SSSR count). The van der Waals surface area contributed by atoms with Crippen LogP contribution < -0.4 is 10.5 Å². The summed E-state index contributed by atoms with van der Waals surface area (Å²) in [6, 6.07) is 1.86. The van der Waals surface area contributed by atoms with Gasteiger partial charge in [-0.25, -0.2) is 13.1 Å². The summed E-state index contributed by atoms with van der Waals surface area (Å²) in [5.41, 5.74) is 6.79. The fourth-order valence-electron chi connectivity index (χ4n) is 2.51. The van der Waals surface area contributed by atoms with E-state index in [1.54, 1.807) is 12.3 Å². The van der Waals surface area contributed by atoms with Crippen LogP contribution in [0.25, 0.3) is 0 Å². The Bertz CT molecular complexity index is 588. The molecule has 114 valence electrons. The molecule has 5 nitrogen and oxygen atoms in total. The van der Waals surface area contributed by atoms with Gasteiger partial charge >= 0.3 is 0 Å². The largest absolute Gasteiger partial charge is 0.346 e. The van der Waals surface area contributed by atoms with Crippen LogP contribution in [0.5, 0.6) is 0 Å². The highest BCUT2D eigenvalue weighted by Gasteiger charge is 2.45. The summed E-state index contributed by atoms with van der Waals surface area (Å²) in [5.74, 6) is 0.443. The molecule has 1 aromatic rings. The maximum absolute atomic E-state index is 12.3. The molecule has 1 fully saturated rings. The van der Waals surface area contributed by atoms with Gasteiger partial charge in [0.1, 0.15) is 0 Å². The Morgan fingerprint density at radius 2 is 2.10 bits per heavy atom. The Morgan fingerprint density at radius 1 is 1.50 bits per heavy atom. The van der Waals surface area contributed by atoms with Gasteiger partial charge in [0, 0.05) is 31.0 Å². The van der Waals surface area contributed by atoms with E-state index in [4.69, 9.17) is 5.73 Å². The second-order valence-electron chi connectivity index (χ2n) is 6.61. The second kappa shape index (κ2) is 5.16.